The molecule has 3 atom stereocenters. The van der Waals surface area contributed by atoms with Crippen molar-refractivity contribution >= 4 is 14.4 Å². The maximum absolute atomic E-state index is 15.2. The van der Waals surface area contributed by atoms with E-state index in [1.165, 1.54) is 6.07 Å². The molecular formula is C15H23F2N3O5Si. The maximum atomic E-state index is 15.2. The third-order valence-electron chi connectivity index (χ3n) is 4.80. The number of anilines is 1. The van der Waals surface area contributed by atoms with Gasteiger partial charge in [0, 0.05) is 6.20 Å². The van der Waals surface area contributed by atoms with Crippen molar-refractivity contribution in [1.29, 1.82) is 0 Å². The van der Waals surface area contributed by atoms with E-state index in [2.05, 4.69) is 4.98 Å². The smallest absolute Gasteiger partial charge is 0.380 e. The van der Waals surface area contributed by atoms with Gasteiger partial charge in [0.1, 0.15) is 24.6 Å². The first kappa shape index (κ1) is 19.4. The van der Waals surface area contributed by atoms with E-state index in [-0.39, 0.29) is 23.5 Å². The van der Waals surface area contributed by atoms with Crippen LogP contribution in [0, 0.1) is 0 Å². The summed E-state index contributed by atoms with van der Waals surface area (Å²) in [6.07, 6.45) is -3.38. The zero-order valence-corrected chi connectivity index (χ0v) is 16.0. The van der Waals surface area contributed by atoms with Crippen molar-refractivity contribution in [1.82, 2.24) is 9.55 Å². The Bertz CT molecular complexity index is 721. The third kappa shape index (κ3) is 2.97. The molecule has 0 aromatic carbocycles. The molecule has 2 aliphatic heterocycles. The molecule has 0 amide bonds. The second kappa shape index (κ2) is 6.64. The highest BCUT2D eigenvalue weighted by atomic mass is 28.4. The highest BCUT2D eigenvalue weighted by Crippen LogP contribution is 2.49. The van der Waals surface area contributed by atoms with E-state index in [0.29, 0.717) is 0 Å². The van der Waals surface area contributed by atoms with Crippen LogP contribution in [0.1, 0.15) is 33.9 Å². The fourth-order valence-electron chi connectivity index (χ4n) is 3.40. The predicted molar refractivity (Wildman–Crippen MR) is 89.6 cm³/mol. The largest absolute Gasteiger partial charge is 0.383 e. The number of hydrogen-bond acceptors (Lipinski definition) is 7. The van der Waals surface area contributed by atoms with Crippen LogP contribution in [0.2, 0.25) is 11.1 Å². The molecule has 1 aromatic heterocycles. The number of halogens is 2. The first-order valence-corrected chi connectivity index (χ1v) is 10.4. The van der Waals surface area contributed by atoms with Crippen LogP contribution in [0.3, 0.4) is 0 Å². The second-order valence-corrected chi connectivity index (χ2v) is 11.3. The molecule has 0 aliphatic carbocycles. The van der Waals surface area contributed by atoms with Gasteiger partial charge in [-0.05, 0) is 17.1 Å². The van der Waals surface area contributed by atoms with Gasteiger partial charge in [0.2, 0.25) is 6.23 Å². The van der Waals surface area contributed by atoms with Crippen LogP contribution in [0.25, 0.3) is 0 Å². The SMILES string of the molecule is CC(C)[Si]1(C(C)C)OOC[C@H]2O[C@@H](n3ccc(N)nc3=O)C(F)(F)[C@@H]2O1. The lowest BCUT2D eigenvalue weighted by Crippen LogP contribution is -2.54. The fraction of sp³-hybridized carbons (Fsp3) is 0.733. The van der Waals surface area contributed by atoms with Gasteiger partial charge in [0.15, 0.2) is 0 Å². The Kier molecular flexibility index (Phi) is 4.94. The number of aromatic nitrogens is 2. The summed E-state index contributed by atoms with van der Waals surface area (Å²) >= 11 is 0. The topological polar surface area (TPSA) is 97.8 Å². The van der Waals surface area contributed by atoms with Gasteiger partial charge in [-0.25, -0.2) is 9.68 Å². The van der Waals surface area contributed by atoms with Crippen molar-refractivity contribution in [3.63, 3.8) is 0 Å². The van der Waals surface area contributed by atoms with Gasteiger partial charge in [-0.2, -0.15) is 13.8 Å². The molecule has 3 heterocycles. The van der Waals surface area contributed by atoms with Gasteiger partial charge in [-0.3, -0.25) is 9.14 Å². The minimum atomic E-state index is -3.48. The lowest BCUT2D eigenvalue weighted by atomic mass is 10.1. The Balaban J connectivity index is 1.99. The van der Waals surface area contributed by atoms with E-state index in [1.54, 1.807) is 0 Å². The summed E-state index contributed by atoms with van der Waals surface area (Å²) in [7, 11) is -3.12. The monoisotopic (exact) mass is 391 g/mol. The molecular weight excluding hydrogens is 368 g/mol. The summed E-state index contributed by atoms with van der Waals surface area (Å²) in [4.78, 5) is 20.7. The summed E-state index contributed by atoms with van der Waals surface area (Å²) in [6.45, 7) is 7.21. The molecule has 2 aliphatic rings. The molecule has 0 saturated carbocycles. The molecule has 0 unspecified atom stereocenters. The normalized spacial score (nSPS) is 30.4. The predicted octanol–water partition coefficient (Wildman–Crippen LogP) is 1.97. The number of ether oxygens (including phenoxy) is 1. The molecule has 3 rings (SSSR count). The quantitative estimate of drug-likeness (QED) is 0.621. The van der Waals surface area contributed by atoms with Crippen molar-refractivity contribution in [2.24, 2.45) is 0 Å². The molecule has 1 aromatic rings. The molecule has 0 bridgehead atoms. The van der Waals surface area contributed by atoms with Crippen LogP contribution >= 0.6 is 0 Å². The summed E-state index contributed by atoms with van der Waals surface area (Å²) in [6, 6.07) is 1.26. The molecule has 0 radical (unpaired) electrons. The average Bonchev–Trinajstić information content (AvgIpc) is 2.70. The summed E-state index contributed by atoms with van der Waals surface area (Å²) in [5.41, 5.74) is 4.25. The number of nitrogen functional groups attached to an aromatic ring is 1. The summed E-state index contributed by atoms with van der Waals surface area (Å²) in [5, 5.41) is 0. The first-order chi connectivity index (χ1) is 12.1. The highest BCUT2D eigenvalue weighted by Gasteiger charge is 2.66. The number of nitrogens with two attached hydrogens (primary N) is 1. The number of hydrogen-bond donors (Lipinski definition) is 1. The lowest BCUT2D eigenvalue weighted by molar-refractivity contribution is -0.245. The molecule has 2 saturated heterocycles. The van der Waals surface area contributed by atoms with E-state index in [0.717, 1.165) is 10.8 Å². The maximum Gasteiger partial charge on any atom is 0.380 e. The van der Waals surface area contributed by atoms with E-state index >= 15 is 8.78 Å². The Morgan fingerprint density at radius 3 is 2.58 bits per heavy atom. The van der Waals surface area contributed by atoms with Crippen molar-refractivity contribution < 1.29 is 27.4 Å². The fourth-order valence-corrected chi connectivity index (χ4v) is 6.65. The molecule has 0 spiro atoms. The van der Waals surface area contributed by atoms with Crippen LogP contribution in [0.4, 0.5) is 14.6 Å². The van der Waals surface area contributed by atoms with E-state index in [1.807, 2.05) is 27.7 Å². The summed E-state index contributed by atoms with van der Waals surface area (Å²) in [5.74, 6) is -3.54. The number of fused-ring (bicyclic) bond motifs is 1. The third-order valence-corrected chi connectivity index (χ3v) is 9.02. The molecule has 26 heavy (non-hydrogen) atoms. The molecule has 2 N–H and O–H groups in total. The van der Waals surface area contributed by atoms with Gasteiger partial charge in [0.05, 0.1) is 0 Å². The average molecular weight is 391 g/mol. The minimum Gasteiger partial charge on any atom is -0.383 e. The number of alkyl halides is 2. The molecule has 2 fully saturated rings. The Labute approximate surface area is 150 Å². The number of rotatable bonds is 3. The van der Waals surface area contributed by atoms with Gasteiger partial charge >= 0.3 is 20.2 Å². The second-order valence-electron chi connectivity index (χ2n) is 7.18. The zero-order valence-electron chi connectivity index (χ0n) is 15.0. The zero-order chi connectivity index (χ0) is 19.3. The molecule has 146 valence electrons. The first-order valence-electron chi connectivity index (χ1n) is 8.46. The van der Waals surface area contributed by atoms with Crippen molar-refractivity contribution in [3.8, 4) is 0 Å². The standard InChI is InChI=1S/C15H23F2N3O5Si/c1-8(2)26(9(3)4)24-12-10(7-22-25-26)23-13(15(12,16)17)20-6-5-11(18)19-14(20)21/h5-6,8-10,12-13H,7H2,1-4H3,(H2,18,19,21)/t10-,12-,13-/m1/s1. The van der Waals surface area contributed by atoms with Crippen LogP contribution in [-0.4, -0.2) is 42.8 Å². The van der Waals surface area contributed by atoms with Crippen molar-refractivity contribution in [3.05, 3.63) is 22.7 Å². The highest BCUT2D eigenvalue weighted by molar-refractivity contribution is 6.70. The molecule has 8 nitrogen and oxygen atoms in total. The van der Waals surface area contributed by atoms with Gasteiger partial charge in [0.25, 0.3) is 0 Å². The van der Waals surface area contributed by atoms with Gasteiger partial charge in [-0.1, -0.05) is 27.7 Å². The number of nitrogens with zero attached hydrogens (tertiary/aromatic N) is 2. The van der Waals surface area contributed by atoms with Crippen molar-refractivity contribution in [2.45, 2.75) is 63.1 Å². The van der Waals surface area contributed by atoms with E-state index in [4.69, 9.17) is 24.4 Å². The Morgan fingerprint density at radius 1 is 1.35 bits per heavy atom. The van der Waals surface area contributed by atoms with E-state index in [9.17, 15) is 4.79 Å². The van der Waals surface area contributed by atoms with E-state index < -0.39 is 38.6 Å². The molecule has 11 heteroatoms. The van der Waals surface area contributed by atoms with Gasteiger partial charge in [-0.15, -0.1) is 0 Å². The Hall–Kier alpha value is -1.40. The van der Waals surface area contributed by atoms with Crippen molar-refractivity contribution in [2.75, 3.05) is 12.3 Å². The van der Waals surface area contributed by atoms with Gasteiger partial charge < -0.3 is 14.9 Å². The summed E-state index contributed by atoms with van der Waals surface area (Å²) < 4.78 is 48.0. The van der Waals surface area contributed by atoms with Crippen LogP contribution in [0.5, 0.6) is 0 Å². The van der Waals surface area contributed by atoms with Crippen LogP contribution in [-0.2, 0) is 18.6 Å². The minimum absolute atomic E-state index is 0.0548. The Morgan fingerprint density at radius 2 is 2.00 bits per heavy atom. The van der Waals surface area contributed by atoms with Crippen LogP contribution < -0.4 is 11.4 Å². The van der Waals surface area contributed by atoms with Crippen LogP contribution in [0.15, 0.2) is 17.1 Å². The lowest BCUT2D eigenvalue weighted by Gasteiger charge is -2.37.